The molecule has 0 fully saturated rings. The van der Waals surface area contributed by atoms with Crippen molar-refractivity contribution in [2.75, 3.05) is 12.4 Å². The molecule has 5 nitrogen and oxygen atoms in total. The third kappa shape index (κ3) is 3.67. The topological polar surface area (TPSA) is 72.7 Å². The van der Waals surface area contributed by atoms with E-state index in [0.717, 1.165) is 5.56 Å². The Morgan fingerprint density at radius 3 is 2.52 bits per heavy atom. The van der Waals surface area contributed by atoms with Crippen molar-refractivity contribution < 1.29 is 9.53 Å². The predicted molar refractivity (Wildman–Crippen MR) is 111 cm³/mol. The van der Waals surface area contributed by atoms with Crippen LogP contribution in [0, 0.1) is 0 Å². The van der Waals surface area contributed by atoms with Crippen molar-refractivity contribution in [1.29, 1.82) is 0 Å². The molecule has 1 aliphatic rings. The number of nitrogens with zero attached hydrogens (tertiary/aromatic N) is 1. The van der Waals surface area contributed by atoms with Crippen LogP contribution in [0.2, 0.25) is 0 Å². The Morgan fingerprint density at radius 1 is 1.19 bits per heavy atom. The van der Waals surface area contributed by atoms with Gasteiger partial charge >= 0.3 is 0 Å². The number of methoxy groups -OCH3 is 1. The van der Waals surface area contributed by atoms with Crippen molar-refractivity contribution in [2.24, 2.45) is 0 Å². The molecule has 0 aliphatic carbocycles. The molecule has 2 aromatic carbocycles. The number of rotatable bonds is 4. The summed E-state index contributed by atoms with van der Waals surface area (Å²) in [7, 11) is 1.55. The van der Waals surface area contributed by atoms with Crippen LogP contribution in [-0.4, -0.2) is 23.9 Å². The quantitative estimate of drug-likeness (QED) is 0.484. The molecule has 1 aliphatic heterocycles. The molecule has 1 amide bonds. The van der Waals surface area contributed by atoms with Crippen molar-refractivity contribution in [3.05, 3.63) is 82.4 Å². The first-order valence-corrected chi connectivity index (χ1v) is 8.76. The fraction of sp³-hybridized carbons (Fsp3) is 0.143. The molecule has 136 valence electrons. The number of carbonyl (C=O) groups is 1. The van der Waals surface area contributed by atoms with Crippen LogP contribution < -0.4 is 15.4 Å². The summed E-state index contributed by atoms with van der Waals surface area (Å²) in [6, 6.07) is 16.6. The van der Waals surface area contributed by atoms with Crippen LogP contribution >= 0.6 is 12.2 Å². The number of nitrogens with one attached hydrogen (secondary N) is 2. The highest BCUT2D eigenvalue weighted by Crippen LogP contribution is 2.37. The van der Waals surface area contributed by atoms with E-state index in [-0.39, 0.29) is 5.91 Å². The average molecular weight is 376 g/mol. The number of amides is 1. The van der Waals surface area contributed by atoms with Gasteiger partial charge in [-0.2, -0.15) is 0 Å². The number of hydrogen-bond donors (Lipinski definition) is 2. The minimum atomic E-state index is -0.528. The molecule has 0 radical (unpaired) electrons. The van der Waals surface area contributed by atoms with Gasteiger partial charge in [-0.15, -0.1) is 0 Å². The monoisotopic (exact) mass is 376 g/mol. The van der Waals surface area contributed by atoms with Crippen LogP contribution in [0.4, 0.5) is 5.69 Å². The van der Waals surface area contributed by atoms with Crippen LogP contribution in [0.15, 0.2) is 71.4 Å². The van der Waals surface area contributed by atoms with Gasteiger partial charge in [0, 0.05) is 22.8 Å². The number of anilines is 1. The van der Waals surface area contributed by atoms with Gasteiger partial charge in [0.1, 0.15) is 10.7 Å². The molecular formula is C21H18N3O2S-. The van der Waals surface area contributed by atoms with E-state index in [1.165, 1.54) is 0 Å². The lowest BCUT2D eigenvalue weighted by Gasteiger charge is -2.31. The maximum absolute atomic E-state index is 13.2. The van der Waals surface area contributed by atoms with Gasteiger partial charge < -0.3 is 20.8 Å². The summed E-state index contributed by atoms with van der Waals surface area (Å²) in [4.78, 5) is 13.5. The zero-order valence-corrected chi connectivity index (χ0v) is 15.8. The maximum Gasteiger partial charge on any atom is 0.254 e. The zero-order valence-electron chi connectivity index (χ0n) is 14.9. The molecule has 1 heterocycles. The van der Waals surface area contributed by atoms with Crippen LogP contribution in [0.3, 0.4) is 0 Å². The number of para-hydroxylation sites is 2. The van der Waals surface area contributed by atoms with Crippen LogP contribution in [0.5, 0.6) is 5.75 Å². The number of hydrogen-bond acceptors (Lipinski definition) is 3. The maximum atomic E-state index is 13.2. The van der Waals surface area contributed by atoms with Crippen molar-refractivity contribution >= 4 is 34.7 Å². The highest BCUT2D eigenvalue weighted by atomic mass is 32.1. The van der Waals surface area contributed by atoms with Gasteiger partial charge in [-0.3, -0.25) is 10.7 Å². The van der Waals surface area contributed by atoms with E-state index in [0.29, 0.717) is 33.3 Å². The Bertz CT molecular complexity index is 976. The average Bonchev–Trinajstić information content (AvgIpc) is 2.68. The first-order valence-electron chi connectivity index (χ1n) is 8.35. The molecule has 0 saturated carbocycles. The van der Waals surface area contributed by atoms with Crippen molar-refractivity contribution in [3.8, 4) is 5.75 Å². The van der Waals surface area contributed by atoms with E-state index in [4.69, 9.17) is 17.0 Å². The van der Waals surface area contributed by atoms with E-state index < -0.39 is 5.92 Å². The lowest BCUT2D eigenvalue weighted by atomic mass is 9.81. The number of allylic oxidation sites excluding steroid dienone is 1. The molecule has 2 N–H and O–H groups in total. The van der Waals surface area contributed by atoms with Crippen LogP contribution in [-0.2, 0) is 4.79 Å². The number of thiocarbonyl (C=S) groups is 1. The van der Waals surface area contributed by atoms with Gasteiger partial charge in [-0.25, -0.2) is 0 Å². The van der Waals surface area contributed by atoms with Gasteiger partial charge in [0.2, 0.25) is 0 Å². The largest absolute Gasteiger partial charge is 0.763 e. The predicted octanol–water partition coefficient (Wildman–Crippen LogP) is 3.79. The fourth-order valence-corrected chi connectivity index (χ4v) is 3.45. The minimum Gasteiger partial charge on any atom is -0.763 e. The molecule has 0 aromatic heterocycles. The number of ether oxygens (including phenoxy) is 1. The zero-order chi connectivity index (χ0) is 19.4. The summed E-state index contributed by atoms with van der Waals surface area (Å²) >= 11 is 5.33. The SMILES string of the molecule is COc1ccccc1NC(=O)C1=C(C)NC(=S)C(=C=[N-])[C@H]1c1ccccc1. The molecule has 2 aromatic rings. The molecule has 27 heavy (non-hydrogen) atoms. The molecule has 6 heteroatoms. The Labute approximate surface area is 163 Å². The Hall–Kier alpha value is -3.21. The Kier molecular flexibility index (Phi) is 5.50. The van der Waals surface area contributed by atoms with E-state index in [2.05, 4.69) is 16.5 Å². The first kappa shape index (κ1) is 18.6. The molecule has 0 saturated heterocycles. The summed E-state index contributed by atoms with van der Waals surface area (Å²) in [6.07, 6.45) is 0. The first-order chi connectivity index (χ1) is 13.1. The summed E-state index contributed by atoms with van der Waals surface area (Å²) in [6.45, 7) is 1.79. The number of carbonyl (C=O) groups excluding carboxylic acids is 1. The number of benzene rings is 2. The molecule has 3 rings (SSSR count). The molecule has 1 atom stereocenters. The van der Waals surface area contributed by atoms with E-state index in [9.17, 15) is 10.2 Å². The van der Waals surface area contributed by atoms with Crippen molar-refractivity contribution in [1.82, 2.24) is 5.32 Å². The highest BCUT2D eigenvalue weighted by Gasteiger charge is 2.33. The lowest BCUT2D eigenvalue weighted by molar-refractivity contribution is -0.113. The van der Waals surface area contributed by atoms with Crippen LogP contribution in [0.1, 0.15) is 18.4 Å². The highest BCUT2D eigenvalue weighted by molar-refractivity contribution is 7.80. The summed E-state index contributed by atoms with van der Waals surface area (Å²) in [5.74, 6) is 1.89. The normalized spacial score (nSPS) is 16.4. The van der Waals surface area contributed by atoms with Crippen LogP contribution in [0.25, 0.3) is 5.41 Å². The minimum absolute atomic E-state index is 0.311. The fourth-order valence-electron chi connectivity index (χ4n) is 3.13. The van der Waals surface area contributed by atoms with Gasteiger partial charge in [-0.05, 0) is 24.6 Å². The Morgan fingerprint density at radius 2 is 1.85 bits per heavy atom. The smallest absolute Gasteiger partial charge is 0.254 e. The second-order valence-corrected chi connectivity index (χ2v) is 6.42. The standard InChI is InChI=1S/C21H18N3O2S/c1-13-18(20(25)24-16-10-6-7-11-17(16)26-2)19(14-8-4-3-5-9-14)15(12-22)21(27)23-13/h3-11,19H,1-2H3,(H,23,27)(H,24,25)/q-1/t19-/m1/s1. The van der Waals surface area contributed by atoms with E-state index >= 15 is 0 Å². The summed E-state index contributed by atoms with van der Waals surface area (Å²) in [5.41, 5.74) is 2.83. The second kappa shape index (κ2) is 7.99. The van der Waals surface area contributed by atoms with E-state index in [1.54, 1.807) is 26.2 Å². The van der Waals surface area contributed by atoms with Gasteiger partial charge in [0.25, 0.3) is 5.91 Å². The lowest BCUT2D eigenvalue weighted by Crippen LogP contribution is -2.36. The second-order valence-electron chi connectivity index (χ2n) is 6.02. The van der Waals surface area contributed by atoms with Gasteiger partial charge in [0.05, 0.1) is 12.8 Å². The van der Waals surface area contributed by atoms with Gasteiger partial charge in [0.15, 0.2) is 0 Å². The van der Waals surface area contributed by atoms with Crippen molar-refractivity contribution in [3.63, 3.8) is 0 Å². The van der Waals surface area contributed by atoms with Gasteiger partial charge in [-0.1, -0.05) is 54.7 Å². The summed E-state index contributed by atoms with van der Waals surface area (Å²) < 4.78 is 5.31. The van der Waals surface area contributed by atoms with E-state index in [1.807, 2.05) is 42.5 Å². The Balaban J connectivity index is 2.07. The third-order valence-electron chi connectivity index (χ3n) is 4.38. The molecule has 0 bridgehead atoms. The molecule has 0 unspecified atom stereocenters. The molecule has 0 spiro atoms. The molecular weight excluding hydrogens is 358 g/mol. The summed E-state index contributed by atoms with van der Waals surface area (Å²) in [5, 5.41) is 15.5. The van der Waals surface area contributed by atoms with Crippen molar-refractivity contribution in [2.45, 2.75) is 12.8 Å². The third-order valence-corrected chi connectivity index (χ3v) is 4.70.